The van der Waals surface area contributed by atoms with Crippen LogP contribution in [-0.4, -0.2) is 12.2 Å². The van der Waals surface area contributed by atoms with E-state index in [0.717, 1.165) is 5.69 Å². The predicted molar refractivity (Wildman–Crippen MR) is 59.6 cm³/mol. The number of aryl methyl sites for hydroxylation is 1. The van der Waals surface area contributed by atoms with Gasteiger partial charge in [-0.15, -0.1) is 0 Å². The maximum absolute atomic E-state index is 4.98. The van der Waals surface area contributed by atoms with Crippen LogP contribution in [0.3, 0.4) is 0 Å². The first-order valence-electron chi connectivity index (χ1n) is 4.03. The Balaban J connectivity index is 2.54. The highest BCUT2D eigenvalue weighted by Crippen LogP contribution is 2.07. The van der Waals surface area contributed by atoms with Crippen molar-refractivity contribution in [2.45, 2.75) is 6.92 Å². The van der Waals surface area contributed by atoms with Crippen LogP contribution in [0.2, 0.25) is 0 Å². The molecule has 0 unspecified atom stereocenters. The summed E-state index contributed by atoms with van der Waals surface area (Å²) in [7, 11) is 1.77. The first-order valence-corrected chi connectivity index (χ1v) is 4.43. The highest BCUT2D eigenvalue weighted by molar-refractivity contribution is 7.80. The van der Waals surface area contributed by atoms with E-state index in [1.165, 1.54) is 5.56 Å². The van der Waals surface area contributed by atoms with E-state index in [-0.39, 0.29) is 0 Å². The van der Waals surface area contributed by atoms with Crippen LogP contribution in [0.1, 0.15) is 5.56 Å². The molecule has 0 saturated heterocycles. The molecule has 1 aromatic rings. The molecule has 1 aromatic carbocycles. The van der Waals surface area contributed by atoms with Crippen LogP contribution in [0.4, 0.5) is 5.69 Å². The van der Waals surface area contributed by atoms with Crippen molar-refractivity contribution in [3.63, 3.8) is 0 Å². The van der Waals surface area contributed by atoms with Gasteiger partial charge >= 0.3 is 0 Å². The van der Waals surface area contributed by atoms with Crippen LogP contribution in [0.5, 0.6) is 0 Å². The molecule has 3 nitrogen and oxygen atoms in total. The number of benzene rings is 1. The molecule has 70 valence electrons. The zero-order chi connectivity index (χ0) is 9.68. The van der Waals surface area contributed by atoms with Crippen LogP contribution in [0.15, 0.2) is 24.3 Å². The van der Waals surface area contributed by atoms with Crippen molar-refractivity contribution in [3.05, 3.63) is 29.8 Å². The highest BCUT2D eigenvalue weighted by Gasteiger charge is 1.94. The van der Waals surface area contributed by atoms with E-state index in [2.05, 4.69) is 16.2 Å². The van der Waals surface area contributed by atoms with Gasteiger partial charge in [0.25, 0.3) is 0 Å². The van der Waals surface area contributed by atoms with Gasteiger partial charge in [0.05, 0.1) is 0 Å². The van der Waals surface area contributed by atoms with Gasteiger partial charge in [-0.25, -0.2) is 5.43 Å². The number of hydrazine groups is 1. The van der Waals surface area contributed by atoms with Gasteiger partial charge in [0, 0.05) is 12.7 Å². The van der Waals surface area contributed by atoms with Crippen molar-refractivity contribution >= 4 is 23.0 Å². The zero-order valence-corrected chi connectivity index (χ0v) is 8.53. The molecule has 0 atom stereocenters. The van der Waals surface area contributed by atoms with Crippen molar-refractivity contribution in [2.75, 3.05) is 12.4 Å². The third-order valence-electron chi connectivity index (χ3n) is 1.55. The number of hydrogen-bond acceptors (Lipinski definition) is 2. The van der Waals surface area contributed by atoms with Crippen molar-refractivity contribution < 1.29 is 0 Å². The summed E-state index contributed by atoms with van der Waals surface area (Å²) in [6.45, 7) is 2.05. The maximum atomic E-state index is 4.98. The number of anilines is 1. The van der Waals surface area contributed by atoms with Crippen LogP contribution < -0.4 is 16.2 Å². The SMILES string of the molecule is CNNC(=S)Nc1ccc(C)cc1. The Morgan fingerprint density at radius 2 is 1.85 bits per heavy atom. The quantitative estimate of drug-likeness (QED) is 0.492. The molecule has 0 bridgehead atoms. The molecule has 0 aliphatic carbocycles. The van der Waals surface area contributed by atoms with Crippen LogP contribution in [0.25, 0.3) is 0 Å². The molecule has 3 N–H and O–H groups in total. The Kier molecular flexibility index (Phi) is 3.67. The lowest BCUT2D eigenvalue weighted by Crippen LogP contribution is -2.37. The average molecular weight is 195 g/mol. The van der Waals surface area contributed by atoms with Crippen LogP contribution in [0, 0.1) is 6.92 Å². The molecule has 0 aliphatic rings. The predicted octanol–water partition coefficient (Wildman–Crippen LogP) is 1.42. The van der Waals surface area contributed by atoms with Crippen LogP contribution in [-0.2, 0) is 0 Å². The minimum atomic E-state index is 0.561. The fourth-order valence-electron chi connectivity index (χ4n) is 0.913. The molecule has 0 spiro atoms. The van der Waals surface area contributed by atoms with E-state index in [1.54, 1.807) is 7.05 Å². The Hall–Kier alpha value is -1.13. The van der Waals surface area contributed by atoms with Crippen molar-refractivity contribution in [3.8, 4) is 0 Å². The van der Waals surface area contributed by atoms with E-state index >= 15 is 0 Å². The van der Waals surface area contributed by atoms with Crippen LogP contribution >= 0.6 is 12.2 Å². The van der Waals surface area contributed by atoms with Gasteiger partial charge < -0.3 is 5.32 Å². The second kappa shape index (κ2) is 4.79. The normalized spacial score (nSPS) is 9.38. The Bertz CT molecular complexity index is 281. The van der Waals surface area contributed by atoms with Gasteiger partial charge in [0.15, 0.2) is 5.11 Å². The fourth-order valence-corrected chi connectivity index (χ4v) is 1.13. The lowest BCUT2D eigenvalue weighted by atomic mass is 10.2. The Labute approximate surface area is 83.5 Å². The Morgan fingerprint density at radius 3 is 2.38 bits per heavy atom. The molecular formula is C9H13N3S. The second-order valence-corrected chi connectivity index (χ2v) is 3.10. The molecule has 0 saturated carbocycles. The monoisotopic (exact) mass is 195 g/mol. The molecule has 4 heteroatoms. The summed E-state index contributed by atoms with van der Waals surface area (Å²) in [5.74, 6) is 0. The van der Waals surface area contributed by atoms with Gasteiger partial charge in [-0.3, -0.25) is 5.43 Å². The minimum absolute atomic E-state index is 0.561. The van der Waals surface area contributed by atoms with Gasteiger partial charge in [-0.05, 0) is 31.3 Å². The minimum Gasteiger partial charge on any atom is -0.332 e. The lowest BCUT2D eigenvalue weighted by Gasteiger charge is -2.08. The summed E-state index contributed by atoms with van der Waals surface area (Å²) in [5, 5.41) is 3.59. The molecule has 0 radical (unpaired) electrons. The van der Waals surface area contributed by atoms with Crippen molar-refractivity contribution in [1.29, 1.82) is 0 Å². The maximum Gasteiger partial charge on any atom is 0.185 e. The molecule has 0 fully saturated rings. The fraction of sp³-hybridized carbons (Fsp3) is 0.222. The summed E-state index contributed by atoms with van der Waals surface area (Å²) in [6.07, 6.45) is 0. The first kappa shape index (κ1) is 9.95. The number of thiocarbonyl (C=S) groups is 1. The molecule has 0 aliphatic heterocycles. The molecular weight excluding hydrogens is 182 g/mol. The van der Waals surface area contributed by atoms with E-state index in [4.69, 9.17) is 12.2 Å². The third kappa shape index (κ3) is 3.40. The Morgan fingerprint density at radius 1 is 1.23 bits per heavy atom. The molecule has 0 amide bonds. The van der Waals surface area contributed by atoms with E-state index in [1.807, 2.05) is 31.2 Å². The lowest BCUT2D eigenvalue weighted by molar-refractivity contribution is 0.776. The summed E-state index contributed by atoms with van der Waals surface area (Å²) in [4.78, 5) is 0. The number of rotatable bonds is 2. The van der Waals surface area contributed by atoms with E-state index in [0.29, 0.717) is 5.11 Å². The summed E-state index contributed by atoms with van der Waals surface area (Å²) in [5.41, 5.74) is 7.74. The number of nitrogens with one attached hydrogen (secondary N) is 3. The average Bonchev–Trinajstić information content (AvgIpc) is 2.09. The smallest absolute Gasteiger partial charge is 0.185 e. The topological polar surface area (TPSA) is 36.1 Å². The van der Waals surface area contributed by atoms with Crippen molar-refractivity contribution in [2.24, 2.45) is 0 Å². The number of hydrogen-bond donors (Lipinski definition) is 3. The first-order chi connectivity index (χ1) is 6.22. The molecule has 1 rings (SSSR count). The van der Waals surface area contributed by atoms with Gasteiger partial charge in [0.1, 0.15) is 0 Å². The second-order valence-electron chi connectivity index (χ2n) is 2.70. The largest absolute Gasteiger partial charge is 0.332 e. The molecule has 0 aromatic heterocycles. The van der Waals surface area contributed by atoms with Gasteiger partial charge in [-0.1, -0.05) is 17.7 Å². The summed E-state index contributed by atoms with van der Waals surface area (Å²) < 4.78 is 0. The molecule has 13 heavy (non-hydrogen) atoms. The summed E-state index contributed by atoms with van der Waals surface area (Å²) >= 11 is 4.98. The highest BCUT2D eigenvalue weighted by atomic mass is 32.1. The summed E-state index contributed by atoms with van der Waals surface area (Å²) in [6, 6.07) is 8.03. The van der Waals surface area contributed by atoms with Gasteiger partial charge in [0.2, 0.25) is 0 Å². The zero-order valence-electron chi connectivity index (χ0n) is 7.72. The van der Waals surface area contributed by atoms with Crippen molar-refractivity contribution in [1.82, 2.24) is 10.9 Å². The standard InChI is InChI=1S/C9H13N3S/c1-7-3-5-8(6-4-7)11-9(13)12-10-2/h3-6,10H,1-2H3,(H2,11,12,13). The molecule has 0 heterocycles. The van der Waals surface area contributed by atoms with Gasteiger partial charge in [-0.2, -0.15) is 0 Å². The van der Waals surface area contributed by atoms with E-state index in [9.17, 15) is 0 Å². The third-order valence-corrected chi connectivity index (χ3v) is 1.75. The van der Waals surface area contributed by atoms with E-state index < -0.39 is 0 Å².